The summed E-state index contributed by atoms with van der Waals surface area (Å²) in [7, 11) is 1.60. The van der Waals surface area contributed by atoms with Gasteiger partial charge < -0.3 is 15.9 Å². The standard InChI is InChI=1S/C10H13FO.C9H12N2.C2H5N/c1-3-4-8-7-9(11)5-6-10(8)12-2;1-6-4-7(2)11-5-9(6)8(3)10;1-2-3/h5-7H,3-4H2,1-2H3;4-5,10H,1-3H3;2H,1,3H2. The number of nitrogens with two attached hydrogens (primary N) is 1. The molecule has 0 saturated heterocycles. The molecule has 0 atom stereocenters. The highest BCUT2D eigenvalue weighted by molar-refractivity contribution is 5.97. The first-order chi connectivity index (χ1) is 12.3. The second-order valence-corrected chi connectivity index (χ2v) is 5.71. The van der Waals surface area contributed by atoms with Crippen molar-refractivity contribution in [2.24, 2.45) is 5.73 Å². The van der Waals surface area contributed by atoms with E-state index < -0.39 is 0 Å². The first kappa shape index (κ1) is 23.3. The summed E-state index contributed by atoms with van der Waals surface area (Å²) in [5.41, 5.74) is 9.21. The van der Waals surface area contributed by atoms with Crippen LogP contribution >= 0.6 is 0 Å². The van der Waals surface area contributed by atoms with E-state index in [1.165, 1.54) is 18.3 Å². The molecular formula is C21H30FN3O. The molecule has 0 saturated carbocycles. The summed E-state index contributed by atoms with van der Waals surface area (Å²) < 4.78 is 17.8. The molecule has 0 radical (unpaired) electrons. The Balaban J connectivity index is 0.000000419. The van der Waals surface area contributed by atoms with Gasteiger partial charge in [-0.2, -0.15) is 0 Å². The molecule has 0 amide bonds. The zero-order valence-electron chi connectivity index (χ0n) is 16.4. The number of halogens is 1. The molecule has 1 heterocycles. The number of hydrogen-bond donors (Lipinski definition) is 2. The zero-order chi connectivity index (χ0) is 20.1. The van der Waals surface area contributed by atoms with Gasteiger partial charge in [0.05, 0.1) is 7.11 Å². The molecule has 0 unspecified atom stereocenters. The van der Waals surface area contributed by atoms with Crippen LogP contribution in [0.25, 0.3) is 0 Å². The molecule has 0 aliphatic carbocycles. The van der Waals surface area contributed by atoms with Crippen LogP contribution in [0.5, 0.6) is 5.75 Å². The van der Waals surface area contributed by atoms with Gasteiger partial charge in [-0.15, -0.1) is 0 Å². The minimum absolute atomic E-state index is 0.195. The van der Waals surface area contributed by atoms with Crippen molar-refractivity contribution in [1.82, 2.24) is 4.98 Å². The van der Waals surface area contributed by atoms with Gasteiger partial charge in [0.1, 0.15) is 11.6 Å². The number of nitrogens with zero attached hydrogens (tertiary/aromatic N) is 1. The molecule has 2 aromatic rings. The topological polar surface area (TPSA) is 72.0 Å². The van der Waals surface area contributed by atoms with Crippen LogP contribution in [0.4, 0.5) is 4.39 Å². The van der Waals surface area contributed by atoms with E-state index in [-0.39, 0.29) is 5.82 Å². The monoisotopic (exact) mass is 359 g/mol. The van der Waals surface area contributed by atoms with Crippen molar-refractivity contribution in [2.45, 2.75) is 40.5 Å². The van der Waals surface area contributed by atoms with E-state index in [1.807, 2.05) is 19.9 Å². The second kappa shape index (κ2) is 12.6. The van der Waals surface area contributed by atoms with Crippen LogP contribution in [0.1, 0.15) is 42.7 Å². The fraction of sp³-hybridized carbons (Fsp3) is 0.333. The van der Waals surface area contributed by atoms with Crippen LogP contribution in [-0.2, 0) is 6.42 Å². The van der Waals surface area contributed by atoms with Crippen LogP contribution < -0.4 is 10.5 Å². The first-order valence-corrected chi connectivity index (χ1v) is 8.44. The van der Waals surface area contributed by atoms with Gasteiger partial charge in [0.2, 0.25) is 0 Å². The predicted octanol–water partition coefficient (Wildman–Crippen LogP) is 4.96. The number of pyridine rings is 1. The number of hydrogen-bond acceptors (Lipinski definition) is 4. The molecular weight excluding hydrogens is 329 g/mol. The lowest BCUT2D eigenvalue weighted by atomic mass is 10.1. The highest BCUT2D eigenvalue weighted by Crippen LogP contribution is 2.20. The molecule has 0 bridgehead atoms. The van der Waals surface area contributed by atoms with E-state index in [9.17, 15) is 4.39 Å². The van der Waals surface area contributed by atoms with Crippen molar-refractivity contribution in [3.05, 3.63) is 71.4 Å². The summed E-state index contributed by atoms with van der Waals surface area (Å²) >= 11 is 0. The maximum atomic E-state index is 12.8. The summed E-state index contributed by atoms with van der Waals surface area (Å²) in [6, 6.07) is 6.61. The molecule has 1 aromatic heterocycles. The number of ether oxygens (including phenoxy) is 1. The summed E-state index contributed by atoms with van der Waals surface area (Å²) in [4.78, 5) is 4.12. The Morgan fingerprint density at radius 2 is 1.96 bits per heavy atom. The van der Waals surface area contributed by atoms with E-state index in [4.69, 9.17) is 10.1 Å². The van der Waals surface area contributed by atoms with Crippen LogP contribution in [0.3, 0.4) is 0 Å². The Morgan fingerprint density at radius 1 is 1.35 bits per heavy atom. The molecule has 5 heteroatoms. The van der Waals surface area contributed by atoms with Gasteiger partial charge in [0, 0.05) is 23.2 Å². The average molecular weight is 359 g/mol. The highest BCUT2D eigenvalue weighted by atomic mass is 19.1. The van der Waals surface area contributed by atoms with Crippen molar-refractivity contribution in [3.63, 3.8) is 0 Å². The van der Waals surface area contributed by atoms with Crippen molar-refractivity contribution in [2.75, 3.05) is 7.11 Å². The normalized spacial score (nSPS) is 9.15. The number of rotatable bonds is 4. The van der Waals surface area contributed by atoms with Gasteiger partial charge in [0.25, 0.3) is 0 Å². The Kier molecular flexibility index (Phi) is 11.3. The van der Waals surface area contributed by atoms with Gasteiger partial charge in [0.15, 0.2) is 0 Å². The van der Waals surface area contributed by atoms with Crippen LogP contribution in [0.2, 0.25) is 0 Å². The van der Waals surface area contributed by atoms with Gasteiger partial charge >= 0.3 is 0 Å². The molecule has 3 N–H and O–H groups in total. The molecule has 0 fully saturated rings. The summed E-state index contributed by atoms with van der Waals surface area (Å²) in [6.07, 6.45) is 4.87. The van der Waals surface area contributed by atoms with Gasteiger partial charge in [-0.1, -0.05) is 19.9 Å². The Labute approximate surface area is 156 Å². The maximum absolute atomic E-state index is 12.8. The van der Waals surface area contributed by atoms with Crippen LogP contribution in [0.15, 0.2) is 43.2 Å². The lowest BCUT2D eigenvalue weighted by Crippen LogP contribution is -1.97. The second-order valence-electron chi connectivity index (χ2n) is 5.71. The largest absolute Gasteiger partial charge is 0.496 e. The average Bonchev–Trinajstić information content (AvgIpc) is 2.56. The van der Waals surface area contributed by atoms with Crippen molar-refractivity contribution in [1.29, 1.82) is 5.41 Å². The van der Waals surface area contributed by atoms with E-state index in [2.05, 4.69) is 24.2 Å². The number of methoxy groups -OCH3 is 1. The summed E-state index contributed by atoms with van der Waals surface area (Å²) in [5, 5.41) is 7.41. The van der Waals surface area contributed by atoms with Crippen molar-refractivity contribution < 1.29 is 9.13 Å². The molecule has 2 rings (SSSR count). The van der Waals surface area contributed by atoms with Gasteiger partial charge in [-0.05, 0) is 68.8 Å². The number of nitrogens with one attached hydrogen (secondary N) is 1. The quantitative estimate of drug-likeness (QED) is 0.758. The van der Waals surface area contributed by atoms with E-state index in [0.29, 0.717) is 5.71 Å². The minimum atomic E-state index is -0.195. The molecule has 4 nitrogen and oxygen atoms in total. The number of aromatic nitrogens is 1. The molecule has 0 spiro atoms. The fourth-order valence-corrected chi connectivity index (χ4v) is 2.30. The molecule has 1 aromatic carbocycles. The third kappa shape index (κ3) is 8.42. The number of benzene rings is 1. The fourth-order valence-electron chi connectivity index (χ4n) is 2.30. The van der Waals surface area contributed by atoms with Crippen LogP contribution in [-0.4, -0.2) is 17.8 Å². The van der Waals surface area contributed by atoms with E-state index >= 15 is 0 Å². The minimum Gasteiger partial charge on any atom is -0.496 e. The molecule has 26 heavy (non-hydrogen) atoms. The number of aryl methyl sites for hydroxylation is 3. The maximum Gasteiger partial charge on any atom is 0.123 e. The predicted molar refractivity (Wildman–Crippen MR) is 108 cm³/mol. The smallest absolute Gasteiger partial charge is 0.123 e. The van der Waals surface area contributed by atoms with Gasteiger partial charge in [-0.25, -0.2) is 4.39 Å². The molecule has 0 aliphatic rings. The highest BCUT2D eigenvalue weighted by Gasteiger charge is 2.02. The SMILES string of the molecule is C=CN.CC(=N)c1cnc(C)cc1C.CCCc1cc(F)ccc1OC. The zero-order valence-corrected chi connectivity index (χ0v) is 16.4. The van der Waals surface area contributed by atoms with E-state index in [1.54, 1.807) is 26.3 Å². The van der Waals surface area contributed by atoms with Crippen molar-refractivity contribution >= 4 is 5.71 Å². The Morgan fingerprint density at radius 3 is 2.42 bits per heavy atom. The summed E-state index contributed by atoms with van der Waals surface area (Å²) in [6.45, 7) is 10.9. The Bertz CT molecular complexity index is 714. The Hall–Kier alpha value is -2.69. The molecule has 142 valence electrons. The molecule has 0 aliphatic heterocycles. The van der Waals surface area contributed by atoms with Crippen LogP contribution in [0, 0.1) is 25.1 Å². The third-order valence-corrected chi connectivity index (χ3v) is 3.41. The van der Waals surface area contributed by atoms with Crippen molar-refractivity contribution in [3.8, 4) is 5.75 Å². The van der Waals surface area contributed by atoms with Gasteiger partial charge in [-0.3, -0.25) is 4.98 Å². The third-order valence-electron chi connectivity index (χ3n) is 3.41. The lowest BCUT2D eigenvalue weighted by Gasteiger charge is -2.06. The summed E-state index contributed by atoms with van der Waals surface area (Å²) in [5.74, 6) is 0.581. The lowest BCUT2D eigenvalue weighted by molar-refractivity contribution is 0.408. The first-order valence-electron chi connectivity index (χ1n) is 8.44. The van der Waals surface area contributed by atoms with E-state index in [0.717, 1.165) is 41.0 Å².